The van der Waals surface area contributed by atoms with Crippen molar-refractivity contribution in [3.63, 3.8) is 0 Å². The first kappa shape index (κ1) is 12.5. The van der Waals surface area contributed by atoms with Gasteiger partial charge in [0.2, 0.25) is 0 Å². The molecule has 100 valence electrons. The van der Waals surface area contributed by atoms with Gasteiger partial charge in [0.1, 0.15) is 5.76 Å². The van der Waals surface area contributed by atoms with Gasteiger partial charge in [-0.2, -0.15) is 4.99 Å². The number of carbonyl (C=O) groups excluding carboxylic acids is 1. The number of aliphatic imine (C=N–C) groups is 1. The largest absolute Gasteiger partial charge is 0.465 e. The molecule has 0 radical (unpaired) electrons. The molecule has 3 rings (SSSR count). The van der Waals surface area contributed by atoms with E-state index in [1.807, 2.05) is 0 Å². The average Bonchev–Trinajstić information content (AvgIpc) is 3.02. The quantitative estimate of drug-likeness (QED) is 0.792. The van der Waals surface area contributed by atoms with Crippen molar-refractivity contribution in [2.45, 2.75) is 18.9 Å². The Morgan fingerprint density at radius 2 is 2.26 bits per heavy atom. The van der Waals surface area contributed by atoms with Gasteiger partial charge in [-0.25, -0.2) is 0 Å². The maximum absolute atomic E-state index is 11.8. The van der Waals surface area contributed by atoms with Crippen molar-refractivity contribution in [2.75, 3.05) is 13.1 Å². The van der Waals surface area contributed by atoms with Crippen LogP contribution >= 0.6 is 11.8 Å². The molecule has 19 heavy (non-hydrogen) atoms. The van der Waals surface area contributed by atoms with Gasteiger partial charge < -0.3 is 14.4 Å². The summed E-state index contributed by atoms with van der Waals surface area (Å²) >= 11 is 1.37. The van der Waals surface area contributed by atoms with Crippen molar-refractivity contribution in [1.82, 2.24) is 4.90 Å². The fourth-order valence-corrected chi connectivity index (χ4v) is 3.04. The van der Waals surface area contributed by atoms with Gasteiger partial charge in [0, 0.05) is 19.2 Å². The first-order valence-corrected chi connectivity index (χ1v) is 7.03. The molecule has 5 nitrogen and oxygen atoms in total. The zero-order valence-electron chi connectivity index (χ0n) is 10.3. The fraction of sp³-hybridized carbons (Fsp3) is 0.385. The lowest BCUT2D eigenvalue weighted by Gasteiger charge is -2.30. The lowest BCUT2D eigenvalue weighted by molar-refractivity contribution is -0.113. The number of aliphatic hydroxyl groups excluding tert-OH is 1. The summed E-state index contributed by atoms with van der Waals surface area (Å²) in [7, 11) is 0. The molecule has 0 saturated carbocycles. The summed E-state index contributed by atoms with van der Waals surface area (Å²) in [6.07, 6.45) is 4.51. The SMILES string of the molecule is O=C1N=C(N2CCC(O)CC2)S/C1=C\c1ccco1. The van der Waals surface area contributed by atoms with Gasteiger partial charge in [-0.15, -0.1) is 0 Å². The van der Waals surface area contributed by atoms with E-state index < -0.39 is 0 Å². The number of piperidine rings is 1. The first-order chi connectivity index (χ1) is 9.22. The third-order valence-corrected chi connectivity index (χ3v) is 4.21. The van der Waals surface area contributed by atoms with Crippen LogP contribution in [0.5, 0.6) is 0 Å². The molecule has 1 N–H and O–H groups in total. The summed E-state index contributed by atoms with van der Waals surface area (Å²) in [4.78, 5) is 18.5. The molecular formula is C13H14N2O3S. The Hall–Kier alpha value is -1.53. The molecule has 1 aromatic heterocycles. The van der Waals surface area contributed by atoms with Crippen LogP contribution in [-0.4, -0.2) is 40.3 Å². The standard InChI is InChI=1S/C13H14N2O3S/c16-9-3-5-15(6-4-9)13-14-12(17)11(19-13)8-10-2-1-7-18-10/h1-2,7-9,16H,3-6H2/b11-8-. The Morgan fingerprint density at radius 1 is 1.47 bits per heavy atom. The van der Waals surface area contributed by atoms with Crippen LogP contribution in [0.15, 0.2) is 32.7 Å². The molecule has 0 aromatic carbocycles. The molecule has 0 aliphatic carbocycles. The highest BCUT2D eigenvalue weighted by molar-refractivity contribution is 8.18. The van der Waals surface area contributed by atoms with E-state index in [4.69, 9.17) is 4.42 Å². The summed E-state index contributed by atoms with van der Waals surface area (Å²) in [6, 6.07) is 3.58. The number of carbonyl (C=O) groups is 1. The van der Waals surface area contributed by atoms with Crippen molar-refractivity contribution in [3.8, 4) is 0 Å². The molecule has 0 bridgehead atoms. The van der Waals surface area contributed by atoms with Crippen molar-refractivity contribution >= 4 is 28.9 Å². The number of amides is 1. The first-order valence-electron chi connectivity index (χ1n) is 6.21. The minimum Gasteiger partial charge on any atom is -0.465 e. The van der Waals surface area contributed by atoms with E-state index in [0.29, 0.717) is 10.7 Å². The van der Waals surface area contributed by atoms with Crippen molar-refractivity contribution in [1.29, 1.82) is 0 Å². The Morgan fingerprint density at radius 3 is 2.95 bits per heavy atom. The van der Waals surface area contributed by atoms with Gasteiger partial charge >= 0.3 is 0 Å². The molecule has 6 heteroatoms. The molecule has 1 fully saturated rings. The monoisotopic (exact) mass is 278 g/mol. The van der Waals surface area contributed by atoms with Gasteiger partial charge in [-0.05, 0) is 36.7 Å². The highest BCUT2D eigenvalue weighted by atomic mass is 32.2. The highest BCUT2D eigenvalue weighted by Gasteiger charge is 2.28. The van der Waals surface area contributed by atoms with E-state index in [0.717, 1.165) is 31.1 Å². The fourth-order valence-electron chi connectivity index (χ4n) is 2.09. The third kappa shape index (κ3) is 2.74. The number of hydrogen-bond acceptors (Lipinski definition) is 5. The van der Waals surface area contributed by atoms with Crippen molar-refractivity contribution in [3.05, 3.63) is 29.1 Å². The number of thioether (sulfide) groups is 1. The molecule has 0 spiro atoms. The second-order valence-corrected chi connectivity index (χ2v) is 5.55. The molecule has 2 aliphatic heterocycles. The molecule has 2 aliphatic rings. The van der Waals surface area contributed by atoms with E-state index in [-0.39, 0.29) is 12.0 Å². The second-order valence-electron chi connectivity index (χ2n) is 4.54. The predicted molar refractivity (Wildman–Crippen MR) is 73.5 cm³/mol. The van der Waals surface area contributed by atoms with Gasteiger partial charge in [0.25, 0.3) is 5.91 Å². The number of nitrogens with zero attached hydrogens (tertiary/aromatic N) is 2. The number of amidine groups is 1. The van der Waals surface area contributed by atoms with Crippen LogP contribution in [0.4, 0.5) is 0 Å². The summed E-state index contributed by atoms with van der Waals surface area (Å²) in [6.45, 7) is 1.49. The molecule has 1 amide bonds. The maximum atomic E-state index is 11.8. The van der Waals surface area contributed by atoms with E-state index >= 15 is 0 Å². The van der Waals surface area contributed by atoms with Crippen LogP contribution in [0.25, 0.3) is 6.08 Å². The third-order valence-electron chi connectivity index (χ3n) is 3.16. The highest BCUT2D eigenvalue weighted by Crippen LogP contribution is 2.31. The van der Waals surface area contributed by atoms with E-state index in [2.05, 4.69) is 9.89 Å². The van der Waals surface area contributed by atoms with Gasteiger partial charge in [-0.3, -0.25) is 4.79 Å². The Balaban J connectivity index is 1.70. The predicted octanol–water partition coefficient (Wildman–Crippen LogP) is 1.71. The number of likely N-dealkylation sites (tertiary alicyclic amines) is 1. The van der Waals surface area contributed by atoms with Crippen LogP contribution in [0.3, 0.4) is 0 Å². The molecular weight excluding hydrogens is 264 g/mol. The summed E-state index contributed by atoms with van der Waals surface area (Å²) < 4.78 is 5.20. The smallest absolute Gasteiger partial charge is 0.286 e. The topological polar surface area (TPSA) is 66.0 Å². The van der Waals surface area contributed by atoms with E-state index in [1.165, 1.54) is 11.8 Å². The minimum atomic E-state index is -0.225. The van der Waals surface area contributed by atoms with Crippen LogP contribution in [0.1, 0.15) is 18.6 Å². The van der Waals surface area contributed by atoms with Gasteiger partial charge in [-0.1, -0.05) is 0 Å². The van der Waals surface area contributed by atoms with Crippen LogP contribution in [-0.2, 0) is 4.79 Å². The van der Waals surface area contributed by atoms with Crippen molar-refractivity contribution < 1.29 is 14.3 Å². The van der Waals surface area contributed by atoms with Gasteiger partial charge in [0.15, 0.2) is 5.17 Å². The van der Waals surface area contributed by atoms with Crippen LogP contribution in [0, 0.1) is 0 Å². The molecule has 0 unspecified atom stereocenters. The van der Waals surface area contributed by atoms with E-state index in [1.54, 1.807) is 24.5 Å². The number of rotatable bonds is 1. The lowest BCUT2D eigenvalue weighted by Crippen LogP contribution is -2.38. The number of aliphatic hydroxyl groups is 1. The molecule has 1 aromatic rings. The molecule has 0 atom stereocenters. The summed E-state index contributed by atoms with van der Waals surface area (Å²) in [5, 5.41) is 10.2. The normalized spacial score (nSPS) is 23.2. The number of hydrogen-bond donors (Lipinski definition) is 1. The maximum Gasteiger partial charge on any atom is 0.286 e. The second kappa shape index (κ2) is 5.22. The zero-order chi connectivity index (χ0) is 13.2. The average molecular weight is 278 g/mol. The van der Waals surface area contributed by atoms with Crippen LogP contribution in [0.2, 0.25) is 0 Å². The summed E-state index contributed by atoms with van der Waals surface area (Å²) in [5.41, 5.74) is 0. The number of furan rings is 1. The Bertz CT molecular complexity index is 528. The Labute approximate surface area is 115 Å². The Kier molecular flexibility index (Phi) is 3.44. The van der Waals surface area contributed by atoms with Crippen LogP contribution < -0.4 is 0 Å². The van der Waals surface area contributed by atoms with E-state index in [9.17, 15) is 9.90 Å². The van der Waals surface area contributed by atoms with Gasteiger partial charge in [0.05, 0.1) is 17.3 Å². The molecule has 3 heterocycles. The lowest BCUT2D eigenvalue weighted by atomic mass is 10.1. The zero-order valence-corrected chi connectivity index (χ0v) is 11.1. The minimum absolute atomic E-state index is 0.220. The summed E-state index contributed by atoms with van der Waals surface area (Å²) in [5.74, 6) is 0.434. The molecule has 1 saturated heterocycles. The van der Waals surface area contributed by atoms with Crippen molar-refractivity contribution in [2.24, 2.45) is 4.99 Å².